The van der Waals surface area contributed by atoms with Crippen LogP contribution in [0.2, 0.25) is 0 Å². The monoisotopic (exact) mass is 262 g/mol. The highest BCUT2D eigenvalue weighted by molar-refractivity contribution is 5.78. The smallest absolute Gasteiger partial charge is 0.236 e. The molecule has 3 nitrogen and oxygen atoms in total. The summed E-state index contributed by atoms with van der Waals surface area (Å²) in [5.41, 5.74) is 1.36. The molecule has 1 unspecified atom stereocenters. The van der Waals surface area contributed by atoms with E-state index < -0.39 is 0 Å². The summed E-state index contributed by atoms with van der Waals surface area (Å²) >= 11 is 0. The van der Waals surface area contributed by atoms with Crippen molar-refractivity contribution in [2.45, 2.75) is 39.2 Å². The third-order valence-corrected chi connectivity index (χ3v) is 3.57. The zero-order chi connectivity index (χ0) is 14.3. The second kappa shape index (κ2) is 7.95. The number of amides is 1. The van der Waals surface area contributed by atoms with Crippen molar-refractivity contribution >= 4 is 5.91 Å². The molecule has 0 radical (unpaired) electrons. The standard InChI is InChI=1S/C16H26N2O/c1-13(2)18(4)16(19)12-17-11-10-14(3)15-8-6-5-7-9-15/h5-9,13-14,17H,10-12H2,1-4H3. The molecule has 1 atom stereocenters. The van der Waals surface area contributed by atoms with Gasteiger partial charge in [0.15, 0.2) is 0 Å². The molecule has 0 aliphatic heterocycles. The van der Waals surface area contributed by atoms with Crippen LogP contribution in [0, 0.1) is 0 Å². The molecule has 0 saturated heterocycles. The molecule has 1 rings (SSSR count). The van der Waals surface area contributed by atoms with Crippen LogP contribution in [0.5, 0.6) is 0 Å². The van der Waals surface area contributed by atoms with E-state index in [1.54, 1.807) is 4.90 Å². The van der Waals surface area contributed by atoms with Gasteiger partial charge in [0.25, 0.3) is 0 Å². The second-order valence-corrected chi connectivity index (χ2v) is 5.38. The Morgan fingerprint density at radius 1 is 1.21 bits per heavy atom. The molecule has 1 aromatic rings. The van der Waals surface area contributed by atoms with Gasteiger partial charge in [0.05, 0.1) is 6.54 Å². The van der Waals surface area contributed by atoms with Crippen molar-refractivity contribution in [2.24, 2.45) is 0 Å². The van der Waals surface area contributed by atoms with Crippen LogP contribution >= 0.6 is 0 Å². The minimum Gasteiger partial charge on any atom is -0.342 e. The maximum Gasteiger partial charge on any atom is 0.236 e. The molecule has 106 valence electrons. The SMILES string of the molecule is CC(CCNCC(=O)N(C)C(C)C)c1ccccc1. The van der Waals surface area contributed by atoms with Gasteiger partial charge in [0.2, 0.25) is 5.91 Å². The van der Waals surface area contributed by atoms with Crippen molar-refractivity contribution in [1.82, 2.24) is 10.2 Å². The molecule has 1 aromatic carbocycles. The average molecular weight is 262 g/mol. The van der Waals surface area contributed by atoms with Crippen LogP contribution in [-0.4, -0.2) is 37.0 Å². The summed E-state index contributed by atoms with van der Waals surface area (Å²) in [6.07, 6.45) is 1.04. The molecular formula is C16H26N2O. The molecule has 0 heterocycles. The quantitative estimate of drug-likeness (QED) is 0.766. The topological polar surface area (TPSA) is 32.3 Å². The number of rotatable bonds is 7. The molecule has 1 N–H and O–H groups in total. The lowest BCUT2D eigenvalue weighted by molar-refractivity contribution is -0.130. The minimum atomic E-state index is 0.155. The second-order valence-electron chi connectivity index (χ2n) is 5.38. The predicted molar refractivity (Wildman–Crippen MR) is 80.2 cm³/mol. The molecule has 0 fully saturated rings. The summed E-state index contributed by atoms with van der Waals surface area (Å²) in [5.74, 6) is 0.675. The van der Waals surface area contributed by atoms with Crippen LogP contribution in [0.3, 0.4) is 0 Å². The molecule has 0 aromatic heterocycles. The number of nitrogens with zero attached hydrogens (tertiary/aromatic N) is 1. The van der Waals surface area contributed by atoms with Gasteiger partial charge in [-0.1, -0.05) is 37.3 Å². The van der Waals surface area contributed by atoms with Gasteiger partial charge < -0.3 is 10.2 Å². The molecular weight excluding hydrogens is 236 g/mol. The lowest BCUT2D eigenvalue weighted by Gasteiger charge is -2.21. The lowest BCUT2D eigenvalue weighted by Crippen LogP contribution is -2.39. The fourth-order valence-electron chi connectivity index (χ4n) is 1.87. The van der Waals surface area contributed by atoms with Crippen molar-refractivity contribution in [2.75, 3.05) is 20.1 Å². The van der Waals surface area contributed by atoms with E-state index in [-0.39, 0.29) is 11.9 Å². The Bertz CT molecular complexity index is 376. The molecule has 1 amide bonds. The van der Waals surface area contributed by atoms with E-state index in [0.717, 1.165) is 13.0 Å². The molecule has 0 bridgehead atoms. The molecule has 0 aliphatic rings. The fourth-order valence-corrected chi connectivity index (χ4v) is 1.87. The van der Waals surface area contributed by atoms with E-state index in [1.807, 2.05) is 27.0 Å². The molecule has 19 heavy (non-hydrogen) atoms. The summed E-state index contributed by atoms with van der Waals surface area (Å²) in [6.45, 7) is 7.56. The van der Waals surface area contributed by atoms with Crippen molar-refractivity contribution in [3.8, 4) is 0 Å². The van der Waals surface area contributed by atoms with Gasteiger partial charge in [0, 0.05) is 13.1 Å². The van der Waals surface area contributed by atoms with E-state index >= 15 is 0 Å². The van der Waals surface area contributed by atoms with Crippen LogP contribution in [0.15, 0.2) is 30.3 Å². The summed E-state index contributed by atoms with van der Waals surface area (Å²) in [5, 5.41) is 3.23. The zero-order valence-electron chi connectivity index (χ0n) is 12.5. The van der Waals surface area contributed by atoms with E-state index in [0.29, 0.717) is 12.5 Å². The molecule has 0 saturated carbocycles. The first-order valence-corrected chi connectivity index (χ1v) is 7.03. The Balaban J connectivity index is 2.23. The van der Waals surface area contributed by atoms with Gasteiger partial charge in [-0.05, 0) is 38.3 Å². The Labute approximate surface area is 117 Å². The van der Waals surface area contributed by atoms with Gasteiger partial charge in [-0.3, -0.25) is 4.79 Å². The zero-order valence-corrected chi connectivity index (χ0v) is 12.5. The van der Waals surface area contributed by atoms with Gasteiger partial charge in [-0.25, -0.2) is 0 Å². The Hall–Kier alpha value is -1.35. The van der Waals surface area contributed by atoms with Crippen LogP contribution in [-0.2, 0) is 4.79 Å². The highest BCUT2D eigenvalue weighted by atomic mass is 16.2. The summed E-state index contributed by atoms with van der Waals surface area (Å²) in [6, 6.07) is 10.7. The maximum absolute atomic E-state index is 11.8. The number of carbonyl (C=O) groups is 1. The Kier molecular flexibility index (Phi) is 6.57. The first kappa shape index (κ1) is 15.7. The number of carbonyl (C=O) groups excluding carboxylic acids is 1. The number of benzene rings is 1. The highest BCUT2D eigenvalue weighted by Crippen LogP contribution is 2.17. The van der Waals surface area contributed by atoms with E-state index in [9.17, 15) is 4.79 Å². The molecule has 0 spiro atoms. The van der Waals surface area contributed by atoms with Gasteiger partial charge >= 0.3 is 0 Å². The van der Waals surface area contributed by atoms with Crippen molar-refractivity contribution in [1.29, 1.82) is 0 Å². The van der Waals surface area contributed by atoms with Gasteiger partial charge in [0.1, 0.15) is 0 Å². The van der Waals surface area contributed by atoms with Crippen molar-refractivity contribution < 1.29 is 4.79 Å². The average Bonchev–Trinajstić information content (AvgIpc) is 2.43. The maximum atomic E-state index is 11.8. The third-order valence-electron chi connectivity index (χ3n) is 3.57. The third kappa shape index (κ3) is 5.43. The van der Waals surface area contributed by atoms with Crippen LogP contribution in [0.4, 0.5) is 0 Å². The first-order chi connectivity index (χ1) is 9.02. The van der Waals surface area contributed by atoms with E-state index in [4.69, 9.17) is 0 Å². The van der Waals surface area contributed by atoms with E-state index in [1.165, 1.54) is 5.56 Å². The van der Waals surface area contributed by atoms with Crippen LogP contribution in [0.25, 0.3) is 0 Å². The number of likely N-dealkylation sites (N-methyl/N-ethyl adjacent to an activating group) is 1. The molecule has 0 aliphatic carbocycles. The largest absolute Gasteiger partial charge is 0.342 e. The van der Waals surface area contributed by atoms with Crippen molar-refractivity contribution in [3.05, 3.63) is 35.9 Å². The number of nitrogens with one attached hydrogen (secondary N) is 1. The van der Waals surface area contributed by atoms with Crippen molar-refractivity contribution in [3.63, 3.8) is 0 Å². The lowest BCUT2D eigenvalue weighted by atomic mass is 9.98. The van der Waals surface area contributed by atoms with Gasteiger partial charge in [-0.2, -0.15) is 0 Å². The highest BCUT2D eigenvalue weighted by Gasteiger charge is 2.11. The summed E-state index contributed by atoms with van der Waals surface area (Å²) in [7, 11) is 1.85. The Morgan fingerprint density at radius 2 is 1.84 bits per heavy atom. The Morgan fingerprint density at radius 3 is 2.42 bits per heavy atom. The number of hydrogen-bond donors (Lipinski definition) is 1. The molecule has 3 heteroatoms. The van der Waals surface area contributed by atoms with E-state index in [2.05, 4.69) is 36.5 Å². The predicted octanol–water partition coefficient (Wildman–Crippen LogP) is 2.64. The number of hydrogen-bond acceptors (Lipinski definition) is 2. The van der Waals surface area contributed by atoms with Crippen LogP contribution in [0.1, 0.15) is 38.7 Å². The summed E-state index contributed by atoms with van der Waals surface area (Å²) < 4.78 is 0. The normalized spacial score (nSPS) is 12.5. The minimum absolute atomic E-state index is 0.155. The fraction of sp³-hybridized carbons (Fsp3) is 0.562. The van der Waals surface area contributed by atoms with Gasteiger partial charge in [-0.15, -0.1) is 0 Å². The first-order valence-electron chi connectivity index (χ1n) is 7.03. The summed E-state index contributed by atoms with van der Waals surface area (Å²) in [4.78, 5) is 13.5. The van der Waals surface area contributed by atoms with Crippen LogP contribution < -0.4 is 5.32 Å².